The highest BCUT2D eigenvalue weighted by Crippen LogP contribution is 2.17. The Hall–Kier alpha value is -2.36. The summed E-state index contributed by atoms with van der Waals surface area (Å²) in [7, 11) is 0. The Kier molecular flexibility index (Phi) is 3.14. The Morgan fingerprint density at radius 1 is 1.26 bits per heavy atom. The quantitative estimate of drug-likeness (QED) is 0.792. The predicted molar refractivity (Wildman–Crippen MR) is 73.8 cm³/mol. The fraction of sp³-hybridized carbons (Fsp3) is 0.200. The molecule has 96 valence electrons. The van der Waals surface area contributed by atoms with Crippen LogP contribution in [-0.2, 0) is 0 Å². The van der Waals surface area contributed by atoms with Gasteiger partial charge < -0.3 is 9.15 Å². The van der Waals surface area contributed by atoms with Crippen molar-refractivity contribution in [2.75, 3.05) is 6.61 Å². The number of rotatable bonds is 3. The molecule has 4 heteroatoms. The summed E-state index contributed by atoms with van der Waals surface area (Å²) in [5.41, 5.74) is 0.952. The Bertz CT molecular complexity index is 713. The first-order valence-corrected chi connectivity index (χ1v) is 6.20. The molecular formula is C15H13NO3. The molecule has 1 aromatic carbocycles. The molecule has 0 unspecified atom stereocenters. The monoisotopic (exact) mass is 255 g/mol. The van der Waals surface area contributed by atoms with Gasteiger partial charge in [0.15, 0.2) is 0 Å². The van der Waals surface area contributed by atoms with Gasteiger partial charge >= 0.3 is 5.63 Å². The summed E-state index contributed by atoms with van der Waals surface area (Å²) in [6, 6.07) is 9.05. The molecule has 0 amide bonds. The number of hydrogen-bond acceptors (Lipinski definition) is 4. The van der Waals surface area contributed by atoms with Gasteiger partial charge in [0, 0.05) is 11.6 Å². The average molecular weight is 255 g/mol. The van der Waals surface area contributed by atoms with Crippen LogP contribution in [0.15, 0.2) is 56.3 Å². The topological polar surface area (TPSA) is 51.8 Å². The molecule has 0 bridgehead atoms. The van der Waals surface area contributed by atoms with E-state index in [1.807, 2.05) is 30.5 Å². The number of aliphatic imine (C=N–C) groups is 1. The van der Waals surface area contributed by atoms with Crippen LogP contribution in [0.2, 0.25) is 0 Å². The van der Waals surface area contributed by atoms with E-state index in [4.69, 9.17) is 9.15 Å². The fourth-order valence-corrected chi connectivity index (χ4v) is 1.95. The molecule has 0 saturated heterocycles. The number of fused-ring (bicyclic) bond motifs is 1. The minimum absolute atomic E-state index is 0.223. The molecular weight excluding hydrogens is 242 g/mol. The van der Waals surface area contributed by atoms with E-state index < -0.39 is 5.63 Å². The number of allylic oxidation sites excluding steroid dienone is 1. The highest BCUT2D eigenvalue weighted by Gasteiger charge is 2.07. The van der Waals surface area contributed by atoms with Gasteiger partial charge in [-0.3, -0.25) is 4.99 Å². The molecule has 2 heterocycles. The minimum Gasteiger partial charge on any atom is -0.480 e. The van der Waals surface area contributed by atoms with Gasteiger partial charge in [0.25, 0.3) is 0 Å². The average Bonchev–Trinajstić information content (AvgIpc) is 2.46. The lowest BCUT2D eigenvalue weighted by molar-refractivity contribution is 0.331. The first kappa shape index (κ1) is 11.7. The molecule has 4 nitrogen and oxygen atoms in total. The number of hydrogen-bond donors (Lipinski definition) is 0. The highest BCUT2D eigenvalue weighted by atomic mass is 16.5. The molecule has 0 fully saturated rings. The highest BCUT2D eigenvalue weighted by molar-refractivity contribution is 5.77. The molecule has 2 aromatic rings. The third-order valence-electron chi connectivity index (χ3n) is 2.92. The first-order chi connectivity index (χ1) is 9.33. The minimum atomic E-state index is -0.459. The lowest BCUT2D eigenvalue weighted by Gasteiger charge is -2.08. The van der Waals surface area contributed by atoms with E-state index >= 15 is 0 Å². The van der Waals surface area contributed by atoms with Crippen LogP contribution >= 0.6 is 0 Å². The predicted octanol–water partition coefficient (Wildman–Crippen LogP) is 2.92. The second kappa shape index (κ2) is 5.10. The lowest BCUT2D eigenvalue weighted by Crippen LogP contribution is -2.09. The van der Waals surface area contributed by atoms with Gasteiger partial charge in [0.2, 0.25) is 5.75 Å². The van der Waals surface area contributed by atoms with Crippen molar-refractivity contribution in [2.45, 2.75) is 12.8 Å². The molecule has 0 N–H and O–H groups in total. The van der Waals surface area contributed by atoms with Gasteiger partial charge in [0.1, 0.15) is 12.2 Å². The lowest BCUT2D eigenvalue weighted by atomic mass is 10.2. The SMILES string of the molecule is O=c1oc2ccccc2cc1OCC1=CCCC=N1. The van der Waals surface area contributed by atoms with E-state index in [1.165, 1.54) is 0 Å². The van der Waals surface area contributed by atoms with E-state index in [-0.39, 0.29) is 5.75 Å². The Morgan fingerprint density at radius 2 is 2.16 bits per heavy atom. The molecule has 1 aliphatic rings. The molecule has 0 spiro atoms. The Labute approximate surface area is 110 Å². The normalized spacial score (nSPS) is 14.4. The summed E-state index contributed by atoms with van der Waals surface area (Å²) in [6.07, 6.45) is 5.81. The van der Waals surface area contributed by atoms with E-state index in [0.29, 0.717) is 12.2 Å². The van der Waals surface area contributed by atoms with Crippen LogP contribution in [0.25, 0.3) is 11.0 Å². The maximum atomic E-state index is 11.8. The fourth-order valence-electron chi connectivity index (χ4n) is 1.95. The zero-order valence-electron chi connectivity index (χ0n) is 10.3. The van der Waals surface area contributed by atoms with Crippen LogP contribution in [0.5, 0.6) is 5.75 Å². The standard InChI is InChI=1S/C15H13NO3/c17-15-14(18-10-12-6-3-4-8-16-12)9-11-5-1-2-7-13(11)19-15/h1-2,5-9H,3-4,10H2. The number of nitrogens with zero attached hydrogens (tertiary/aromatic N) is 1. The van der Waals surface area contributed by atoms with E-state index in [2.05, 4.69) is 4.99 Å². The summed E-state index contributed by atoms with van der Waals surface area (Å²) < 4.78 is 10.7. The van der Waals surface area contributed by atoms with Crippen LogP contribution in [-0.4, -0.2) is 12.8 Å². The Balaban J connectivity index is 1.84. The van der Waals surface area contributed by atoms with Gasteiger partial charge in [-0.2, -0.15) is 0 Å². The van der Waals surface area contributed by atoms with Crippen molar-refractivity contribution in [3.05, 3.63) is 52.5 Å². The largest absolute Gasteiger partial charge is 0.480 e. The molecule has 3 rings (SSSR count). The van der Waals surface area contributed by atoms with Crippen molar-refractivity contribution < 1.29 is 9.15 Å². The van der Waals surface area contributed by atoms with Crippen molar-refractivity contribution in [3.63, 3.8) is 0 Å². The van der Waals surface area contributed by atoms with Crippen LogP contribution in [0.4, 0.5) is 0 Å². The summed E-state index contributed by atoms with van der Waals surface area (Å²) in [5, 5.41) is 0.846. The first-order valence-electron chi connectivity index (χ1n) is 6.20. The Morgan fingerprint density at radius 3 is 3.00 bits per heavy atom. The number of benzene rings is 1. The number of ether oxygens (including phenoxy) is 1. The van der Waals surface area contributed by atoms with Crippen LogP contribution < -0.4 is 10.4 Å². The summed E-state index contributed by atoms with van der Waals surface area (Å²) in [6.45, 7) is 0.291. The zero-order chi connectivity index (χ0) is 13.1. The van der Waals surface area contributed by atoms with Crippen LogP contribution in [0.1, 0.15) is 12.8 Å². The van der Waals surface area contributed by atoms with Crippen molar-refractivity contribution in [1.82, 2.24) is 0 Å². The third-order valence-corrected chi connectivity index (χ3v) is 2.92. The van der Waals surface area contributed by atoms with E-state index in [0.717, 1.165) is 23.9 Å². The maximum absolute atomic E-state index is 11.8. The molecule has 19 heavy (non-hydrogen) atoms. The smallest absolute Gasteiger partial charge is 0.379 e. The summed E-state index contributed by atoms with van der Waals surface area (Å²) >= 11 is 0. The molecule has 0 atom stereocenters. The van der Waals surface area contributed by atoms with E-state index in [1.54, 1.807) is 12.1 Å². The van der Waals surface area contributed by atoms with Gasteiger partial charge in [-0.05, 0) is 25.0 Å². The number of para-hydroxylation sites is 1. The van der Waals surface area contributed by atoms with Crippen molar-refractivity contribution in [1.29, 1.82) is 0 Å². The van der Waals surface area contributed by atoms with Gasteiger partial charge in [-0.25, -0.2) is 4.79 Å². The maximum Gasteiger partial charge on any atom is 0.379 e. The molecule has 1 aromatic heterocycles. The van der Waals surface area contributed by atoms with Crippen molar-refractivity contribution in [2.24, 2.45) is 4.99 Å². The van der Waals surface area contributed by atoms with Gasteiger partial charge in [-0.15, -0.1) is 0 Å². The van der Waals surface area contributed by atoms with Gasteiger partial charge in [-0.1, -0.05) is 24.3 Å². The molecule has 0 aliphatic carbocycles. The van der Waals surface area contributed by atoms with Crippen molar-refractivity contribution in [3.8, 4) is 5.75 Å². The summed E-state index contributed by atoms with van der Waals surface area (Å²) in [4.78, 5) is 16.0. The molecule has 0 radical (unpaired) electrons. The second-order valence-electron chi connectivity index (χ2n) is 4.31. The van der Waals surface area contributed by atoms with Crippen LogP contribution in [0, 0.1) is 0 Å². The second-order valence-corrected chi connectivity index (χ2v) is 4.31. The van der Waals surface area contributed by atoms with E-state index in [9.17, 15) is 4.79 Å². The van der Waals surface area contributed by atoms with Crippen LogP contribution in [0.3, 0.4) is 0 Å². The third kappa shape index (κ3) is 2.57. The molecule has 1 aliphatic heterocycles. The zero-order valence-corrected chi connectivity index (χ0v) is 10.3. The van der Waals surface area contributed by atoms with Gasteiger partial charge in [0.05, 0.1) is 5.70 Å². The molecule has 0 saturated carbocycles. The van der Waals surface area contributed by atoms with Crippen molar-refractivity contribution >= 4 is 17.2 Å². The summed E-state index contributed by atoms with van der Waals surface area (Å²) in [5.74, 6) is 0.223.